The number of likely N-dealkylation sites (tertiary alicyclic amines) is 1. The molecule has 0 aliphatic carbocycles. The number of esters is 1. The van der Waals surface area contributed by atoms with E-state index in [1.54, 1.807) is 0 Å². The first-order valence-corrected chi connectivity index (χ1v) is 10.7. The van der Waals surface area contributed by atoms with Gasteiger partial charge in [-0.25, -0.2) is 4.98 Å². The number of benzene rings is 1. The van der Waals surface area contributed by atoms with Crippen LogP contribution in [0.2, 0.25) is 0 Å². The third-order valence-electron chi connectivity index (χ3n) is 5.17. The maximum atomic E-state index is 11.9. The second-order valence-corrected chi connectivity index (χ2v) is 8.86. The quantitative estimate of drug-likeness (QED) is 0.594. The molecule has 1 aliphatic rings. The summed E-state index contributed by atoms with van der Waals surface area (Å²) >= 11 is 4.94. The Kier molecular flexibility index (Phi) is 5.39. The Morgan fingerprint density at radius 3 is 2.61 bits per heavy atom. The van der Waals surface area contributed by atoms with E-state index in [0.717, 1.165) is 40.8 Å². The van der Waals surface area contributed by atoms with E-state index < -0.39 is 0 Å². The molecule has 1 atom stereocenters. The normalized spacial score (nSPS) is 17.1. The Balaban J connectivity index is 1.70. The van der Waals surface area contributed by atoms with E-state index in [9.17, 15) is 9.90 Å². The summed E-state index contributed by atoms with van der Waals surface area (Å²) in [7, 11) is 1.44. The molecule has 28 heavy (non-hydrogen) atoms. The smallest absolute Gasteiger partial charge is 0.308 e. The van der Waals surface area contributed by atoms with Gasteiger partial charge in [0.25, 0.3) is 0 Å². The first-order chi connectivity index (χ1) is 13.5. The van der Waals surface area contributed by atoms with Crippen molar-refractivity contribution in [1.82, 2.24) is 19.5 Å². The van der Waals surface area contributed by atoms with Crippen LogP contribution in [0.4, 0.5) is 0 Å². The second kappa shape index (κ2) is 7.81. The van der Waals surface area contributed by atoms with Crippen molar-refractivity contribution in [2.45, 2.75) is 25.8 Å². The maximum Gasteiger partial charge on any atom is 0.308 e. The summed E-state index contributed by atoms with van der Waals surface area (Å²) in [6.07, 6.45) is 1.47. The summed E-state index contributed by atoms with van der Waals surface area (Å²) in [5.41, 5.74) is 1.08. The maximum absolute atomic E-state index is 11.9. The summed E-state index contributed by atoms with van der Waals surface area (Å²) in [5, 5.41) is 15.2. The average Bonchev–Trinajstić information content (AvgIpc) is 3.21. The van der Waals surface area contributed by atoms with E-state index in [1.807, 2.05) is 19.1 Å². The van der Waals surface area contributed by atoms with Crippen molar-refractivity contribution >= 4 is 38.2 Å². The lowest BCUT2D eigenvalue weighted by Crippen LogP contribution is -2.39. The van der Waals surface area contributed by atoms with Crippen LogP contribution in [0, 0.1) is 12.8 Å². The highest BCUT2D eigenvalue weighted by molar-refractivity contribution is 9.10. The van der Waals surface area contributed by atoms with Gasteiger partial charge in [0.05, 0.1) is 23.9 Å². The van der Waals surface area contributed by atoms with Crippen LogP contribution in [0.1, 0.15) is 35.1 Å². The highest BCUT2D eigenvalue weighted by Crippen LogP contribution is 2.41. The van der Waals surface area contributed by atoms with Gasteiger partial charge in [0.2, 0.25) is 10.8 Å². The summed E-state index contributed by atoms with van der Waals surface area (Å²) in [6.45, 7) is 3.29. The molecule has 1 aliphatic heterocycles. The minimum Gasteiger partial charge on any atom is -0.492 e. The molecule has 3 heterocycles. The molecule has 1 fully saturated rings. The van der Waals surface area contributed by atoms with Crippen molar-refractivity contribution < 1.29 is 14.6 Å². The zero-order chi connectivity index (χ0) is 19.8. The van der Waals surface area contributed by atoms with Gasteiger partial charge >= 0.3 is 5.97 Å². The van der Waals surface area contributed by atoms with Crippen molar-refractivity contribution in [3.63, 3.8) is 0 Å². The number of piperidine rings is 1. The van der Waals surface area contributed by atoms with Crippen LogP contribution >= 0.6 is 27.3 Å². The van der Waals surface area contributed by atoms with Crippen molar-refractivity contribution in [2.75, 3.05) is 20.2 Å². The summed E-state index contributed by atoms with van der Waals surface area (Å²) in [4.78, 5) is 20.1. The minimum atomic E-state index is -0.142. The van der Waals surface area contributed by atoms with Crippen LogP contribution < -0.4 is 0 Å². The van der Waals surface area contributed by atoms with Gasteiger partial charge in [0.1, 0.15) is 5.82 Å². The fourth-order valence-electron chi connectivity index (χ4n) is 3.76. The number of thiazole rings is 1. The molecule has 7 nitrogen and oxygen atoms in total. The third-order valence-corrected chi connectivity index (χ3v) is 6.77. The van der Waals surface area contributed by atoms with E-state index in [-0.39, 0.29) is 23.8 Å². The SMILES string of the molecule is COC(=O)C1CCN([C@H](c2ccc(Br)cc2)c2sc3nc(C)nn3c2O)CC1. The lowest BCUT2D eigenvalue weighted by atomic mass is 9.94. The molecular formula is C19H21BrN4O3S. The van der Waals surface area contributed by atoms with Crippen LogP contribution in [0.15, 0.2) is 28.7 Å². The largest absolute Gasteiger partial charge is 0.492 e. The summed E-state index contributed by atoms with van der Waals surface area (Å²) in [6, 6.07) is 7.99. The van der Waals surface area contributed by atoms with Crippen molar-refractivity contribution in [2.24, 2.45) is 5.92 Å². The number of aryl methyl sites for hydroxylation is 1. The average molecular weight is 465 g/mol. The Bertz CT molecular complexity index is 993. The number of carbonyl (C=O) groups is 1. The number of aromatic nitrogens is 3. The van der Waals surface area contributed by atoms with Crippen molar-refractivity contribution in [3.05, 3.63) is 45.0 Å². The van der Waals surface area contributed by atoms with Gasteiger partial charge in [0.15, 0.2) is 0 Å². The van der Waals surface area contributed by atoms with E-state index in [2.05, 4.69) is 43.0 Å². The molecule has 0 unspecified atom stereocenters. The minimum absolute atomic E-state index is 0.0645. The van der Waals surface area contributed by atoms with Crippen LogP contribution in [0.3, 0.4) is 0 Å². The Hall–Kier alpha value is -1.97. The monoisotopic (exact) mass is 464 g/mol. The van der Waals surface area contributed by atoms with Gasteiger partial charge in [-0.05, 0) is 50.6 Å². The Morgan fingerprint density at radius 1 is 1.32 bits per heavy atom. The molecule has 0 radical (unpaired) electrons. The molecule has 1 saturated heterocycles. The van der Waals surface area contributed by atoms with Gasteiger partial charge < -0.3 is 9.84 Å². The highest BCUT2D eigenvalue weighted by atomic mass is 79.9. The second-order valence-electron chi connectivity index (χ2n) is 6.93. The molecule has 3 aromatic rings. The number of carbonyl (C=O) groups excluding carboxylic acids is 1. The molecule has 0 amide bonds. The molecule has 1 aromatic carbocycles. The van der Waals surface area contributed by atoms with Crippen LogP contribution in [-0.2, 0) is 9.53 Å². The lowest BCUT2D eigenvalue weighted by Gasteiger charge is -2.36. The molecule has 0 bridgehead atoms. The fourth-order valence-corrected chi connectivity index (χ4v) is 5.19. The highest BCUT2D eigenvalue weighted by Gasteiger charge is 2.34. The van der Waals surface area contributed by atoms with Crippen molar-refractivity contribution in [1.29, 1.82) is 0 Å². The Labute approximate surface area is 175 Å². The third kappa shape index (κ3) is 3.54. The number of hydrogen-bond donors (Lipinski definition) is 1. The number of fused-ring (bicyclic) bond motifs is 1. The number of methoxy groups -OCH3 is 1. The fraction of sp³-hybridized carbons (Fsp3) is 0.421. The van der Waals surface area contributed by atoms with E-state index in [1.165, 1.54) is 23.0 Å². The number of halogens is 1. The molecule has 4 rings (SSSR count). The Morgan fingerprint density at radius 2 is 2.00 bits per heavy atom. The lowest BCUT2D eigenvalue weighted by molar-refractivity contribution is -0.147. The first-order valence-electron chi connectivity index (χ1n) is 9.10. The van der Waals surface area contributed by atoms with Crippen molar-refractivity contribution in [3.8, 4) is 5.88 Å². The van der Waals surface area contributed by atoms with Crippen LogP contribution in [0.25, 0.3) is 4.96 Å². The number of nitrogens with zero attached hydrogens (tertiary/aromatic N) is 4. The van der Waals surface area contributed by atoms with Crippen LogP contribution in [0.5, 0.6) is 5.88 Å². The predicted octanol–water partition coefficient (Wildman–Crippen LogP) is 3.54. The summed E-state index contributed by atoms with van der Waals surface area (Å²) < 4.78 is 7.41. The molecule has 9 heteroatoms. The van der Waals surface area contributed by atoms with Gasteiger partial charge in [-0.1, -0.05) is 39.4 Å². The van der Waals surface area contributed by atoms with E-state index in [4.69, 9.17) is 4.74 Å². The van der Waals surface area contributed by atoms with Gasteiger partial charge in [-0.3, -0.25) is 9.69 Å². The predicted molar refractivity (Wildman–Crippen MR) is 110 cm³/mol. The standard InChI is InChI=1S/C19H21BrN4O3S/c1-11-21-19-24(22-11)17(25)16(28-19)15(12-3-5-14(20)6-4-12)23-9-7-13(8-10-23)18(26)27-2/h3-6,13,15,25H,7-10H2,1-2H3/t15-/m1/s1. The number of hydrogen-bond acceptors (Lipinski definition) is 7. The molecule has 1 N–H and O–H groups in total. The molecule has 2 aromatic heterocycles. The zero-order valence-corrected chi connectivity index (χ0v) is 18.0. The summed E-state index contributed by atoms with van der Waals surface area (Å²) in [5.74, 6) is 0.554. The topological polar surface area (TPSA) is 80.0 Å². The molecular weight excluding hydrogens is 444 g/mol. The first kappa shape index (κ1) is 19.4. The van der Waals surface area contributed by atoms with Crippen LogP contribution in [-0.4, -0.2) is 50.8 Å². The number of rotatable bonds is 4. The number of aromatic hydroxyl groups is 1. The van der Waals surface area contributed by atoms with E-state index >= 15 is 0 Å². The molecule has 148 valence electrons. The zero-order valence-electron chi connectivity index (χ0n) is 15.6. The molecule has 0 saturated carbocycles. The van der Waals surface area contributed by atoms with Gasteiger partial charge in [-0.15, -0.1) is 5.10 Å². The van der Waals surface area contributed by atoms with E-state index in [0.29, 0.717) is 10.8 Å². The number of ether oxygens (including phenoxy) is 1. The van der Waals surface area contributed by atoms with Gasteiger partial charge in [-0.2, -0.15) is 4.52 Å². The molecule has 0 spiro atoms. The van der Waals surface area contributed by atoms with Gasteiger partial charge in [0, 0.05) is 4.47 Å².